The van der Waals surface area contributed by atoms with Crippen LogP contribution in [0, 0.1) is 6.92 Å². The van der Waals surface area contributed by atoms with Gasteiger partial charge in [0.25, 0.3) is 11.5 Å². The molecule has 6 nitrogen and oxygen atoms in total. The molecule has 33 heavy (non-hydrogen) atoms. The third-order valence-corrected chi connectivity index (χ3v) is 6.67. The zero-order valence-electron chi connectivity index (χ0n) is 18.7. The van der Waals surface area contributed by atoms with E-state index in [1.54, 1.807) is 22.6 Å². The second kappa shape index (κ2) is 8.70. The number of fused-ring (bicyclic) bond motifs is 1. The average molecular weight is 442 g/mol. The Morgan fingerprint density at radius 1 is 1.03 bits per heavy atom. The molecule has 5 rings (SSSR count). The van der Waals surface area contributed by atoms with Crippen molar-refractivity contribution in [1.82, 2.24) is 14.8 Å². The minimum Gasteiger partial charge on any atom is -0.347 e. The molecule has 1 aliphatic heterocycles. The number of pyridine rings is 1. The summed E-state index contributed by atoms with van der Waals surface area (Å²) in [5, 5.41) is 2.94. The van der Waals surface area contributed by atoms with Crippen molar-refractivity contribution in [1.29, 1.82) is 0 Å². The van der Waals surface area contributed by atoms with Crippen LogP contribution in [0.4, 0.5) is 0 Å². The van der Waals surface area contributed by atoms with Crippen LogP contribution in [0.25, 0.3) is 5.69 Å². The fourth-order valence-corrected chi connectivity index (χ4v) is 5.00. The van der Waals surface area contributed by atoms with E-state index in [0.29, 0.717) is 18.7 Å². The van der Waals surface area contributed by atoms with Crippen molar-refractivity contribution in [2.24, 2.45) is 0 Å². The van der Waals surface area contributed by atoms with Gasteiger partial charge in [-0.3, -0.25) is 19.0 Å². The minimum absolute atomic E-state index is 0.00574. The van der Waals surface area contributed by atoms with Gasteiger partial charge >= 0.3 is 0 Å². The molecule has 3 aromatic rings. The number of aromatic nitrogens is 1. The van der Waals surface area contributed by atoms with Crippen LogP contribution in [0.5, 0.6) is 0 Å². The number of hydrogen-bond acceptors (Lipinski definition) is 3. The predicted molar refractivity (Wildman–Crippen MR) is 127 cm³/mol. The number of carbonyl (C=O) groups is 2. The van der Waals surface area contributed by atoms with Crippen LogP contribution in [0.1, 0.15) is 45.5 Å². The Hall–Kier alpha value is -3.67. The van der Waals surface area contributed by atoms with Gasteiger partial charge in [0.15, 0.2) is 0 Å². The Kier molecular flexibility index (Phi) is 5.58. The normalized spacial score (nSPS) is 17.3. The average Bonchev–Trinajstić information content (AvgIpc) is 3.41. The molecule has 0 radical (unpaired) electrons. The van der Waals surface area contributed by atoms with Crippen LogP contribution in [-0.4, -0.2) is 33.9 Å². The second-order valence-corrected chi connectivity index (χ2v) is 8.95. The Balaban J connectivity index is 1.36. The van der Waals surface area contributed by atoms with Crippen LogP contribution < -0.4 is 10.9 Å². The molecule has 2 heterocycles. The van der Waals surface area contributed by atoms with E-state index in [0.717, 1.165) is 30.5 Å². The molecule has 168 valence electrons. The van der Waals surface area contributed by atoms with E-state index in [4.69, 9.17) is 0 Å². The molecule has 0 spiro atoms. The number of carbonyl (C=O) groups excluding carboxylic acids is 2. The first-order valence-corrected chi connectivity index (χ1v) is 11.5. The molecule has 2 aliphatic rings. The third kappa shape index (κ3) is 4.09. The number of benzene rings is 2. The number of aryl methyl sites for hydroxylation is 2. The van der Waals surface area contributed by atoms with Gasteiger partial charge in [-0.2, -0.15) is 0 Å². The maximum atomic E-state index is 13.4. The smallest absolute Gasteiger partial charge is 0.268 e. The summed E-state index contributed by atoms with van der Waals surface area (Å²) in [7, 11) is 0. The van der Waals surface area contributed by atoms with Crippen molar-refractivity contribution in [2.75, 3.05) is 6.54 Å². The largest absolute Gasteiger partial charge is 0.347 e. The van der Waals surface area contributed by atoms with Gasteiger partial charge in [0.1, 0.15) is 5.56 Å². The number of amides is 2. The lowest BCUT2D eigenvalue weighted by atomic mass is 10.1. The highest BCUT2D eigenvalue weighted by molar-refractivity contribution is 5.96. The molecule has 1 saturated heterocycles. The van der Waals surface area contributed by atoms with Crippen LogP contribution in [0.15, 0.2) is 65.6 Å². The van der Waals surface area contributed by atoms with Crippen molar-refractivity contribution >= 4 is 11.8 Å². The molecule has 1 aliphatic carbocycles. The standard InChI is InChI=1S/C27H27N3O3/c1-18-13-14-30(23-12-6-10-20-9-5-11-22(20)23)27(33)25(18)26(32)28-21-15-24(31)29(17-21)16-19-7-3-2-4-8-19/h2-4,6-8,10,12-14,21H,5,9,11,15-17H2,1H3,(H,28,32). The molecule has 1 aromatic heterocycles. The molecule has 6 heteroatoms. The van der Waals surface area contributed by atoms with E-state index in [1.807, 2.05) is 48.5 Å². The Morgan fingerprint density at radius 3 is 2.67 bits per heavy atom. The lowest BCUT2D eigenvalue weighted by Gasteiger charge is -2.18. The van der Waals surface area contributed by atoms with E-state index >= 15 is 0 Å². The number of hydrogen-bond donors (Lipinski definition) is 1. The summed E-state index contributed by atoms with van der Waals surface area (Å²) in [6.45, 7) is 2.73. The van der Waals surface area contributed by atoms with Crippen molar-refractivity contribution in [2.45, 2.75) is 45.2 Å². The molecular weight excluding hydrogens is 414 g/mol. The molecule has 1 atom stereocenters. The molecular formula is C27H27N3O3. The molecule has 0 bridgehead atoms. The van der Waals surface area contributed by atoms with Gasteiger partial charge in [0.05, 0.1) is 11.7 Å². The first-order chi connectivity index (χ1) is 16.0. The topological polar surface area (TPSA) is 71.4 Å². The van der Waals surface area contributed by atoms with Crippen molar-refractivity contribution in [3.05, 3.63) is 99.0 Å². The highest BCUT2D eigenvalue weighted by Crippen LogP contribution is 2.27. The van der Waals surface area contributed by atoms with Crippen molar-refractivity contribution in [3.63, 3.8) is 0 Å². The summed E-state index contributed by atoms with van der Waals surface area (Å²) in [6, 6.07) is 17.3. The predicted octanol–water partition coefficient (Wildman–Crippen LogP) is 3.17. The maximum Gasteiger partial charge on any atom is 0.268 e. The quantitative estimate of drug-likeness (QED) is 0.661. The first kappa shape index (κ1) is 21.2. The van der Waals surface area contributed by atoms with Crippen LogP contribution in [-0.2, 0) is 24.2 Å². The van der Waals surface area contributed by atoms with Gasteiger partial charge in [-0.15, -0.1) is 0 Å². The molecule has 1 N–H and O–H groups in total. The van der Waals surface area contributed by atoms with E-state index < -0.39 is 5.91 Å². The fourth-order valence-electron chi connectivity index (χ4n) is 5.00. The van der Waals surface area contributed by atoms with Gasteiger partial charge in [0.2, 0.25) is 5.91 Å². The number of nitrogens with zero attached hydrogens (tertiary/aromatic N) is 2. The molecule has 2 amide bonds. The number of rotatable bonds is 5. The van der Waals surface area contributed by atoms with Gasteiger partial charge < -0.3 is 10.2 Å². The molecule has 0 saturated carbocycles. The van der Waals surface area contributed by atoms with E-state index in [-0.39, 0.29) is 29.5 Å². The van der Waals surface area contributed by atoms with Crippen molar-refractivity contribution in [3.8, 4) is 5.69 Å². The summed E-state index contributed by atoms with van der Waals surface area (Å²) in [4.78, 5) is 40.8. The Morgan fingerprint density at radius 2 is 1.85 bits per heavy atom. The van der Waals surface area contributed by atoms with Crippen molar-refractivity contribution < 1.29 is 9.59 Å². The summed E-state index contributed by atoms with van der Waals surface area (Å²) in [5.74, 6) is -0.412. The third-order valence-electron chi connectivity index (χ3n) is 6.67. The van der Waals surface area contributed by atoms with E-state index in [1.165, 1.54) is 11.1 Å². The Labute approximate surface area is 192 Å². The van der Waals surface area contributed by atoms with Crippen LogP contribution in [0.2, 0.25) is 0 Å². The summed E-state index contributed by atoms with van der Waals surface area (Å²) >= 11 is 0. The second-order valence-electron chi connectivity index (χ2n) is 8.95. The zero-order valence-corrected chi connectivity index (χ0v) is 18.7. The van der Waals surface area contributed by atoms with Gasteiger partial charge in [-0.05, 0) is 60.6 Å². The van der Waals surface area contributed by atoms with E-state index in [2.05, 4.69) is 11.4 Å². The first-order valence-electron chi connectivity index (χ1n) is 11.5. The van der Waals surface area contributed by atoms with Gasteiger partial charge in [-0.25, -0.2) is 0 Å². The van der Waals surface area contributed by atoms with Gasteiger partial charge in [0, 0.05) is 25.7 Å². The van der Waals surface area contributed by atoms with Gasteiger partial charge in [-0.1, -0.05) is 42.5 Å². The molecule has 1 fully saturated rings. The Bertz CT molecular complexity index is 1280. The number of nitrogens with one attached hydrogen (secondary N) is 1. The highest BCUT2D eigenvalue weighted by Gasteiger charge is 2.31. The lowest BCUT2D eigenvalue weighted by molar-refractivity contribution is -0.128. The summed E-state index contributed by atoms with van der Waals surface area (Å²) in [6.07, 6.45) is 5.03. The monoisotopic (exact) mass is 441 g/mol. The zero-order chi connectivity index (χ0) is 22.9. The lowest BCUT2D eigenvalue weighted by Crippen LogP contribution is -2.40. The number of likely N-dealkylation sites (tertiary alicyclic amines) is 1. The van der Waals surface area contributed by atoms with Crippen LogP contribution in [0.3, 0.4) is 0 Å². The SMILES string of the molecule is Cc1ccn(-c2cccc3c2CCC3)c(=O)c1C(=O)NC1CC(=O)N(Cc2ccccc2)C1. The van der Waals surface area contributed by atoms with Crippen LogP contribution >= 0.6 is 0 Å². The highest BCUT2D eigenvalue weighted by atomic mass is 16.2. The minimum atomic E-state index is -0.418. The summed E-state index contributed by atoms with van der Waals surface area (Å²) in [5.41, 5.74) is 4.82. The fraction of sp³-hybridized carbons (Fsp3) is 0.296. The van der Waals surface area contributed by atoms with E-state index in [9.17, 15) is 14.4 Å². The summed E-state index contributed by atoms with van der Waals surface area (Å²) < 4.78 is 1.59. The molecule has 1 unspecified atom stereocenters. The maximum absolute atomic E-state index is 13.4. The molecule has 2 aromatic carbocycles.